The van der Waals surface area contributed by atoms with Crippen molar-refractivity contribution in [2.75, 3.05) is 0 Å². The Morgan fingerprint density at radius 3 is 2.68 bits per heavy atom. The minimum atomic E-state index is 0.608. The second kappa shape index (κ2) is 5.66. The quantitative estimate of drug-likeness (QED) is 0.849. The molecule has 1 aliphatic carbocycles. The molecule has 1 N–H and O–H groups in total. The fourth-order valence-corrected chi connectivity index (χ4v) is 2.93. The fraction of sp³-hybridized carbons (Fsp3) is 0.250. The number of benzene rings is 2. The summed E-state index contributed by atoms with van der Waals surface area (Å²) in [5, 5.41) is 4.37. The van der Waals surface area contributed by atoms with Crippen LogP contribution in [0, 0.1) is 0 Å². The zero-order valence-electron chi connectivity index (χ0n) is 10.4. The lowest BCUT2D eigenvalue weighted by atomic mass is 10.1. The molecule has 1 saturated carbocycles. The van der Waals surface area contributed by atoms with Crippen molar-refractivity contribution in [3.8, 4) is 0 Å². The molecule has 0 bridgehead atoms. The molecule has 98 valence electrons. The van der Waals surface area contributed by atoms with Crippen LogP contribution in [0.15, 0.2) is 53.0 Å². The molecule has 0 heterocycles. The Kier molecular flexibility index (Phi) is 3.92. The lowest BCUT2D eigenvalue weighted by Gasteiger charge is -2.06. The third kappa shape index (κ3) is 3.19. The van der Waals surface area contributed by atoms with E-state index >= 15 is 0 Å². The van der Waals surface area contributed by atoms with Crippen LogP contribution in [0.4, 0.5) is 0 Å². The maximum Gasteiger partial charge on any atom is 0.0548 e. The van der Waals surface area contributed by atoms with E-state index < -0.39 is 0 Å². The smallest absolute Gasteiger partial charge is 0.0548 e. The largest absolute Gasteiger partial charge is 0.309 e. The van der Waals surface area contributed by atoms with Gasteiger partial charge in [0, 0.05) is 23.0 Å². The number of rotatable bonds is 4. The summed E-state index contributed by atoms with van der Waals surface area (Å²) >= 11 is 9.45. The Bertz CT molecular complexity index is 570. The molecule has 0 saturated heterocycles. The van der Waals surface area contributed by atoms with Gasteiger partial charge in [-0.15, -0.1) is 0 Å². The van der Waals surface area contributed by atoms with Crippen LogP contribution in [0.5, 0.6) is 0 Å². The summed E-state index contributed by atoms with van der Waals surface area (Å²) in [5.41, 5.74) is 2.70. The average molecular weight is 337 g/mol. The van der Waals surface area contributed by atoms with Gasteiger partial charge in [-0.1, -0.05) is 48.0 Å². The SMILES string of the molecule is Clc1ccc(CNC2CC2c2ccccc2)cc1Br. The first-order chi connectivity index (χ1) is 9.24. The molecule has 0 amide bonds. The zero-order chi connectivity index (χ0) is 13.2. The molecule has 1 aliphatic rings. The third-order valence-corrected chi connectivity index (χ3v) is 4.78. The number of hydrogen-bond donors (Lipinski definition) is 1. The molecular weight excluding hydrogens is 322 g/mol. The van der Waals surface area contributed by atoms with E-state index in [1.807, 2.05) is 6.07 Å². The number of nitrogens with one attached hydrogen (secondary N) is 1. The van der Waals surface area contributed by atoms with Crippen molar-refractivity contribution in [2.24, 2.45) is 0 Å². The van der Waals surface area contributed by atoms with Gasteiger partial charge in [0.1, 0.15) is 0 Å². The summed E-state index contributed by atoms with van der Waals surface area (Å²) < 4.78 is 0.962. The molecule has 0 aromatic heterocycles. The van der Waals surface area contributed by atoms with E-state index in [-0.39, 0.29) is 0 Å². The summed E-state index contributed by atoms with van der Waals surface area (Å²) in [6, 6.07) is 17.4. The summed E-state index contributed by atoms with van der Waals surface area (Å²) in [6.45, 7) is 0.893. The minimum Gasteiger partial charge on any atom is -0.309 e. The minimum absolute atomic E-state index is 0.608. The molecule has 2 unspecified atom stereocenters. The lowest BCUT2D eigenvalue weighted by Crippen LogP contribution is -2.17. The highest BCUT2D eigenvalue weighted by molar-refractivity contribution is 9.10. The van der Waals surface area contributed by atoms with Gasteiger partial charge in [-0.2, -0.15) is 0 Å². The van der Waals surface area contributed by atoms with Crippen LogP contribution in [0.1, 0.15) is 23.5 Å². The molecule has 1 nitrogen and oxygen atoms in total. The van der Waals surface area contributed by atoms with Crippen molar-refractivity contribution in [2.45, 2.75) is 24.9 Å². The lowest BCUT2D eigenvalue weighted by molar-refractivity contribution is 0.672. The Labute approximate surface area is 127 Å². The molecule has 1 fully saturated rings. The zero-order valence-corrected chi connectivity index (χ0v) is 12.8. The van der Waals surface area contributed by atoms with Crippen molar-refractivity contribution in [1.29, 1.82) is 0 Å². The molecule has 2 aromatic rings. The van der Waals surface area contributed by atoms with E-state index in [1.54, 1.807) is 0 Å². The maximum atomic E-state index is 5.99. The second-order valence-electron chi connectivity index (χ2n) is 4.99. The monoisotopic (exact) mass is 335 g/mol. The Morgan fingerprint density at radius 2 is 1.95 bits per heavy atom. The molecule has 19 heavy (non-hydrogen) atoms. The van der Waals surface area contributed by atoms with Gasteiger partial charge < -0.3 is 5.32 Å². The van der Waals surface area contributed by atoms with E-state index in [0.29, 0.717) is 12.0 Å². The summed E-state index contributed by atoms with van der Waals surface area (Å²) in [5.74, 6) is 0.678. The Balaban J connectivity index is 1.56. The maximum absolute atomic E-state index is 5.99. The van der Waals surface area contributed by atoms with Gasteiger partial charge in [0.15, 0.2) is 0 Å². The van der Waals surface area contributed by atoms with Gasteiger partial charge in [-0.3, -0.25) is 0 Å². The first kappa shape index (κ1) is 13.2. The normalized spacial score (nSPS) is 21.4. The standard InChI is InChI=1S/C16H15BrClN/c17-14-8-11(6-7-15(14)18)10-19-16-9-13(16)12-4-2-1-3-5-12/h1-8,13,16,19H,9-10H2. The van der Waals surface area contributed by atoms with Crippen LogP contribution in [0.2, 0.25) is 5.02 Å². The van der Waals surface area contributed by atoms with E-state index in [9.17, 15) is 0 Å². The van der Waals surface area contributed by atoms with Crippen LogP contribution in [0.25, 0.3) is 0 Å². The topological polar surface area (TPSA) is 12.0 Å². The third-order valence-electron chi connectivity index (χ3n) is 3.57. The van der Waals surface area contributed by atoms with Crippen molar-refractivity contribution < 1.29 is 0 Å². The van der Waals surface area contributed by atoms with Crippen LogP contribution >= 0.6 is 27.5 Å². The van der Waals surface area contributed by atoms with E-state index in [0.717, 1.165) is 16.0 Å². The molecule has 2 aromatic carbocycles. The van der Waals surface area contributed by atoms with Gasteiger partial charge in [-0.25, -0.2) is 0 Å². The highest BCUT2D eigenvalue weighted by atomic mass is 79.9. The van der Waals surface area contributed by atoms with Crippen molar-refractivity contribution >= 4 is 27.5 Å². The summed E-state index contributed by atoms with van der Waals surface area (Å²) in [4.78, 5) is 0. The van der Waals surface area contributed by atoms with Gasteiger partial charge >= 0.3 is 0 Å². The summed E-state index contributed by atoms with van der Waals surface area (Å²) in [7, 11) is 0. The molecule has 2 atom stereocenters. The van der Waals surface area contributed by atoms with Crippen LogP contribution < -0.4 is 5.32 Å². The van der Waals surface area contributed by atoms with Crippen molar-refractivity contribution in [3.63, 3.8) is 0 Å². The Morgan fingerprint density at radius 1 is 1.16 bits per heavy atom. The molecule has 3 rings (SSSR count). The molecule has 0 aliphatic heterocycles. The Hall–Kier alpha value is -0.830. The molecule has 0 radical (unpaired) electrons. The number of halogens is 2. The van der Waals surface area contributed by atoms with Crippen molar-refractivity contribution in [3.05, 3.63) is 69.2 Å². The molecule has 0 spiro atoms. The highest BCUT2D eigenvalue weighted by Crippen LogP contribution is 2.40. The van der Waals surface area contributed by atoms with Gasteiger partial charge in [0.25, 0.3) is 0 Å². The van der Waals surface area contributed by atoms with Crippen molar-refractivity contribution in [1.82, 2.24) is 5.32 Å². The number of hydrogen-bond acceptors (Lipinski definition) is 1. The molecule has 3 heteroatoms. The fourth-order valence-electron chi connectivity index (χ4n) is 2.39. The average Bonchev–Trinajstić information content (AvgIpc) is 3.21. The first-order valence-electron chi connectivity index (χ1n) is 6.46. The molecular formula is C16H15BrClN. The van der Waals surface area contributed by atoms with E-state index in [1.165, 1.54) is 17.5 Å². The van der Waals surface area contributed by atoms with E-state index in [2.05, 4.69) is 63.7 Å². The van der Waals surface area contributed by atoms with Crippen LogP contribution in [0.3, 0.4) is 0 Å². The van der Waals surface area contributed by atoms with Gasteiger partial charge in [0.05, 0.1) is 5.02 Å². The highest BCUT2D eigenvalue weighted by Gasteiger charge is 2.37. The van der Waals surface area contributed by atoms with E-state index in [4.69, 9.17) is 11.6 Å². The van der Waals surface area contributed by atoms with Gasteiger partial charge in [0.2, 0.25) is 0 Å². The van der Waals surface area contributed by atoms with Gasteiger partial charge in [-0.05, 0) is 45.6 Å². The first-order valence-corrected chi connectivity index (χ1v) is 7.63. The second-order valence-corrected chi connectivity index (χ2v) is 6.25. The summed E-state index contributed by atoms with van der Waals surface area (Å²) in [6.07, 6.45) is 1.23. The van der Waals surface area contributed by atoms with Crippen LogP contribution in [-0.2, 0) is 6.54 Å². The predicted molar refractivity (Wildman–Crippen MR) is 83.6 cm³/mol. The predicted octanol–water partition coefficient (Wildman–Crippen LogP) is 4.75. The van der Waals surface area contributed by atoms with Crippen LogP contribution in [-0.4, -0.2) is 6.04 Å².